The van der Waals surface area contributed by atoms with Crippen LogP contribution in [0.3, 0.4) is 0 Å². The minimum atomic E-state index is -0.608. The molecule has 21 heavy (non-hydrogen) atoms. The molecule has 1 heterocycles. The highest BCUT2D eigenvalue weighted by atomic mass is 35.5. The molecule has 0 spiro atoms. The number of aryl methyl sites for hydroxylation is 1. The largest absolute Gasteiger partial charge is 0.444 e. The number of nitro benzene ring substituents is 1. The van der Waals surface area contributed by atoms with Gasteiger partial charge in [0, 0.05) is 18.1 Å². The molecule has 0 atom stereocenters. The van der Waals surface area contributed by atoms with Gasteiger partial charge in [-0.15, -0.1) is 0 Å². The molecule has 1 aromatic heterocycles. The van der Waals surface area contributed by atoms with Gasteiger partial charge in [0.25, 0.3) is 11.6 Å². The normalized spacial score (nSPS) is 10.4. The predicted molar refractivity (Wildman–Crippen MR) is 75.2 cm³/mol. The lowest BCUT2D eigenvalue weighted by Gasteiger charge is -2.03. The number of halogens is 1. The molecule has 0 aliphatic carbocycles. The van der Waals surface area contributed by atoms with Crippen molar-refractivity contribution in [2.24, 2.45) is 0 Å². The Bertz CT molecular complexity index is 684. The highest BCUT2D eigenvalue weighted by Crippen LogP contribution is 2.24. The van der Waals surface area contributed by atoms with Crippen LogP contribution < -0.4 is 5.32 Å². The van der Waals surface area contributed by atoms with Crippen molar-refractivity contribution in [2.45, 2.75) is 19.9 Å². The number of hydrogen-bond acceptors (Lipinski definition) is 5. The van der Waals surface area contributed by atoms with Gasteiger partial charge in [0.05, 0.1) is 17.7 Å². The van der Waals surface area contributed by atoms with Crippen molar-refractivity contribution in [1.82, 2.24) is 10.3 Å². The first-order chi connectivity index (χ1) is 10.0. The maximum Gasteiger partial charge on any atom is 0.287 e. The van der Waals surface area contributed by atoms with Gasteiger partial charge in [-0.3, -0.25) is 14.9 Å². The second-order valence-electron chi connectivity index (χ2n) is 4.18. The fraction of sp³-hybridized carbons (Fsp3) is 0.231. The third kappa shape index (κ3) is 3.57. The summed E-state index contributed by atoms with van der Waals surface area (Å²) in [6.07, 6.45) is 2.32. The topological polar surface area (TPSA) is 98.3 Å². The summed E-state index contributed by atoms with van der Waals surface area (Å²) in [6.45, 7) is 2.06. The summed E-state index contributed by atoms with van der Waals surface area (Å²) in [5.74, 6) is 0.717. The Labute approximate surface area is 125 Å². The number of carbonyl (C=O) groups excluding carboxylic acids is 1. The van der Waals surface area contributed by atoms with Crippen LogP contribution in [0.15, 0.2) is 28.8 Å². The van der Waals surface area contributed by atoms with Gasteiger partial charge in [0.1, 0.15) is 10.8 Å². The lowest BCUT2D eigenvalue weighted by Crippen LogP contribution is -2.22. The summed E-state index contributed by atoms with van der Waals surface area (Å²) in [6, 6.07) is 3.78. The first-order valence-corrected chi connectivity index (χ1v) is 6.54. The minimum absolute atomic E-state index is 0.0861. The number of carbonyl (C=O) groups is 1. The SMILES string of the molecule is CCc1cnc(CNC(=O)c2ccc([N+](=O)[O-])c(Cl)c2)o1. The van der Waals surface area contributed by atoms with Crippen LogP contribution in [0.5, 0.6) is 0 Å². The lowest BCUT2D eigenvalue weighted by atomic mass is 10.2. The Morgan fingerprint density at radius 2 is 2.29 bits per heavy atom. The molecular formula is C13H12ClN3O4. The van der Waals surface area contributed by atoms with E-state index in [2.05, 4.69) is 10.3 Å². The van der Waals surface area contributed by atoms with Crippen LogP contribution >= 0.6 is 11.6 Å². The predicted octanol–water partition coefficient (Wildman–Crippen LogP) is 2.73. The molecule has 0 aliphatic heterocycles. The summed E-state index contributed by atoms with van der Waals surface area (Å²) in [5, 5.41) is 13.2. The standard InChI is InChI=1S/C13H12ClN3O4/c1-2-9-6-15-12(21-9)7-16-13(18)8-3-4-11(17(19)20)10(14)5-8/h3-6H,2,7H2,1H3,(H,16,18). The van der Waals surface area contributed by atoms with Crippen LogP contribution in [0.4, 0.5) is 5.69 Å². The van der Waals surface area contributed by atoms with Crippen molar-refractivity contribution < 1.29 is 14.1 Å². The summed E-state index contributed by atoms with van der Waals surface area (Å²) < 4.78 is 5.35. The molecular weight excluding hydrogens is 298 g/mol. The molecule has 8 heteroatoms. The van der Waals surface area contributed by atoms with E-state index in [0.29, 0.717) is 5.89 Å². The summed E-state index contributed by atoms with van der Waals surface area (Å²) in [7, 11) is 0. The monoisotopic (exact) mass is 309 g/mol. The van der Waals surface area contributed by atoms with Gasteiger partial charge in [-0.05, 0) is 12.1 Å². The molecule has 1 aromatic carbocycles. The molecule has 0 aliphatic rings. The smallest absolute Gasteiger partial charge is 0.287 e. The zero-order chi connectivity index (χ0) is 15.4. The highest BCUT2D eigenvalue weighted by Gasteiger charge is 2.15. The highest BCUT2D eigenvalue weighted by molar-refractivity contribution is 6.33. The molecule has 1 N–H and O–H groups in total. The second kappa shape index (κ2) is 6.36. The van der Waals surface area contributed by atoms with Gasteiger partial charge in [-0.2, -0.15) is 0 Å². The number of nitrogens with one attached hydrogen (secondary N) is 1. The molecule has 0 saturated carbocycles. The van der Waals surface area contributed by atoms with E-state index < -0.39 is 10.8 Å². The average Bonchev–Trinajstić information content (AvgIpc) is 2.92. The molecule has 2 rings (SSSR count). The van der Waals surface area contributed by atoms with Gasteiger partial charge >= 0.3 is 0 Å². The molecule has 0 saturated heterocycles. The Morgan fingerprint density at radius 3 is 2.86 bits per heavy atom. The molecule has 1 amide bonds. The van der Waals surface area contributed by atoms with E-state index in [1.807, 2.05) is 6.92 Å². The number of oxazole rings is 1. The molecule has 7 nitrogen and oxygen atoms in total. The first-order valence-electron chi connectivity index (χ1n) is 6.17. The number of amides is 1. The van der Waals surface area contributed by atoms with Crippen molar-refractivity contribution >= 4 is 23.2 Å². The second-order valence-corrected chi connectivity index (χ2v) is 4.59. The number of aromatic nitrogens is 1. The van der Waals surface area contributed by atoms with Crippen molar-refractivity contribution in [3.05, 3.63) is 56.7 Å². The zero-order valence-corrected chi connectivity index (χ0v) is 11.9. The van der Waals surface area contributed by atoms with Crippen LogP contribution in [-0.4, -0.2) is 15.8 Å². The van der Waals surface area contributed by atoms with E-state index in [1.165, 1.54) is 18.2 Å². The van der Waals surface area contributed by atoms with Crippen molar-refractivity contribution in [3.8, 4) is 0 Å². The molecule has 0 fully saturated rings. The fourth-order valence-corrected chi connectivity index (χ4v) is 1.90. The van der Waals surface area contributed by atoms with E-state index in [-0.39, 0.29) is 22.8 Å². The van der Waals surface area contributed by atoms with E-state index in [1.54, 1.807) is 6.20 Å². The third-order valence-corrected chi connectivity index (χ3v) is 3.06. The fourth-order valence-electron chi connectivity index (χ4n) is 1.65. The van der Waals surface area contributed by atoms with Gasteiger partial charge in [0.15, 0.2) is 0 Å². The Hall–Kier alpha value is -2.41. The molecule has 0 unspecified atom stereocenters. The number of rotatable bonds is 5. The van der Waals surface area contributed by atoms with Gasteiger partial charge in [-0.1, -0.05) is 18.5 Å². The van der Waals surface area contributed by atoms with Gasteiger partial charge < -0.3 is 9.73 Å². The third-order valence-electron chi connectivity index (χ3n) is 2.76. The van der Waals surface area contributed by atoms with Crippen molar-refractivity contribution in [1.29, 1.82) is 0 Å². The molecule has 0 radical (unpaired) electrons. The summed E-state index contributed by atoms with van der Waals surface area (Å²) in [5.41, 5.74) is -0.0126. The maximum absolute atomic E-state index is 11.9. The first kappa shape index (κ1) is 15.0. The van der Waals surface area contributed by atoms with E-state index >= 15 is 0 Å². The van der Waals surface area contributed by atoms with E-state index in [9.17, 15) is 14.9 Å². The molecule has 2 aromatic rings. The van der Waals surface area contributed by atoms with Crippen molar-refractivity contribution in [2.75, 3.05) is 0 Å². The Morgan fingerprint density at radius 1 is 1.52 bits per heavy atom. The summed E-state index contributed by atoms with van der Waals surface area (Å²) in [4.78, 5) is 26.0. The van der Waals surface area contributed by atoms with Gasteiger partial charge in [0.2, 0.25) is 5.89 Å². The quantitative estimate of drug-likeness (QED) is 0.676. The van der Waals surface area contributed by atoms with Gasteiger partial charge in [-0.25, -0.2) is 4.98 Å². The zero-order valence-electron chi connectivity index (χ0n) is 11.1. The van der Waals surface area contributed by atoms with Crippen LogP contribution in [0.1, 0.15) is 28.9 Å². The number of benzene rings is 1. The van der Waals surface area contributed by atoms with E-state index in [4.69, 9.17) is 16.0 Å². The minimum Gasteiger partial charge on any atom is -0.444 e. The van der Waals surface area contributed by atoms with E-state index in [0.717, 1.165) is 12.2 Å². The van der Waals surface area contributed by atoms with Crippen LogP contribution in [0, 0.1) is 10.1 Å². The van der Waals surface area contributed by atoms with Crippen LogP contribution in [0.2, 0.25) is 5.02 Å². The summed E-state index contributed by atoms with van der Waals surface area (Å²) >= 11 is 5.76. The molecule has 0 bridgehead atoms. The lowest BCUT2D eigenvalue weighted by molar-refractivity contribution is -0.384. The number of hydrogen-bond donors (Lipinski definition) is 1. The number of nitrogens with zero attached hydrogens (tertiary/aromatic N) is 2. The molecule has 110 valence electrons. The Balaban J connectivity index is 2.03. The number of nitro groups is 1. The average molecular weight is 310 g/mol. The maximum atomic E-state index is 11.9. The Kier molecular flexibility index (Phi) is 4.54. The van der Waals surface area contributed by atoms with Crippen LogP contribution in [0.25, 0.3) is 0 Å². The van der Waals surface area contributed by atoms with Crippen LogP contribution in [-0.2, 0) is 13.0 Å². The van der Waals surface area contributed by atoms with Crippen molar-refractivity contribution in [3.63, 3.8) is 0 Å².